The fourth-order valence-corrected chi connectivity index (χ4v) is 4.04. The Balaban J connectivity index is 1.43. The summed E-state index contributed by atoms with van der Waals surface area (Å²) in [5.74, 6) is -1.52. The Morgan fingerprint density at radius 1 is 1.09 bits per heavy atom. The van der Waals surface area contributed by atoms with Crippen LogP contribution in [0.4, 0.5) is 8.78 Å². The normalized spacial score (nSPS) is 12.9. The number of benzene rings is 2. The number of ether oxygens (including phenoxy) is 3. The zero-order valence-corrected chi connectivity index (χ0v) is 19.0. The van der Waals surface area contributed by atoms with Gasteiger partial charge in [-0.3, -0.25) is 9.59 Å². The van der Waals surface area contributed by atoms with Crippen molar-refractivity contribution in [3.05, 3.63) is 58.8 Å². The summed E-state index contributed by atoms with van der Waals surface area (Å²) in [5.41, 5.74) is 3.31. The number of hydrogen-bond donors (Lipinski definition) is 2. The van der Waals surface area contributed by atoms with E-state index in [1.165, 1.54) is 32.4 Å². The highest BCUT2D eigenvalue weighted by Gasteiger charge is 2.25. The van der Waals surface area contributed by atoms with Crippen LogP contribution in [-0.4, -0.2) is 61.6 Å². The van der Waals surface area contributed by atoms with Crippen LogP contribution in [0, 0.1) is 0 Å². The lowest BCUT2D eigenvalue weighted by molar-refractivity contribution is -0.131. The third kappa shape index (κ3) is 5.03. The van der Waals surface area contributed by atoms with Crippen molar-refractivity contribution in [3.8, 4) is 11.5 Å². The number of carbonyl (C=O) groups is 3. The van der Waals surface area contributed by atoms with Gasteiger partial charge in [-0.15, -0.1) is 0 Å². The third-order valence-corrected chi connectivity index (χ3v) is 5.79. The number of rotatable bonds is 7. The van der Waals surface area contributed by atoms with E-state index in [0.717, 1.165) is 22.2 Å². The van der Waals surface area contributed by atoms with Crippen LogP contribution in [-0.2, 0) is 22.5 Å². The van der Waals surface area contributed by atoms with Gasteiger partial charge in [-0.1, -0.05) is 0 Å². The molecule has 1 aliphatic rings. The van der Waals surface area contributed by atoms with Gasteiger partial charge in [0.25, 0.3) is 5.91 Å². The zero-order valence-electron chi connectivity index (χ0n) is 19.0. The van der Waals surface area contributed by atoms with Gasteiger partial charge in [0.15, 0.2) is 11.5 Å². The maximum atomic E-state index is 12.8. The van der Waals surface area contributed by atoms with Gasteiger partial charge in [-0.25, -0.2) is 4.79 Å². The van der Waals surface area contributed by atoms with E-state index < -0.39 is 18.5 Å². The largest absolute Gasteiger partial charge is 0.493 e. The number of nitrogens with zero attached hydrogens (tertiary/aromatic N) is 1. The zero-order chi connectivity index (χ0) is 25.1. The van der Waals surface area contributed by atoms with Crippen molar-refractivity contribution in [2.45, 2.75) is 19.6 Å². The molecule has 1 aliphatic heterocycles. The van der Waals surface area contributed by atoms with Crippen LogP contribution in [0.15, 0.2) is 36.4 Å². The molecular formula is C24H23F2N3O6. The van der Waals surface area contributed by atoms with Gasteiger partial charge < -0.3 is 29.4 Å². The number of nitrogens with one attached hydrogen (secondary N) is 2. The molecule has 11 heteroatoms. The van der Waals surface area contributed by atoms with E-state index in [-0.39, 0.29) is 29.5 Å². The van der Waals surface area contributed by atoms with Gasteiger partial charge in [0, 0.05) is 47.2 Å². The Labute approximate surface area is 198 Å². The number of aromatic nitrogens is 1. The van der Waals surface area contributed by atoms with Crippen LogP contribution in [0.3, 0.4) is 0 Å². The first kappa shape index (κ1) is 24.0. The standard InChI is InChI=1S/C24H23F2N3O6/c1-33-20-10-13(4-6-19(20)35-24(25)26)22(31)27-11-21(30)29-8-7-18-16(12-29)15-9-14(23(32)34-2)3-5-17(15)28-18/h3-6,9-10,24,28H,7-8,11-12H2,1-2H3,(H,27,31). The van der Waals surface area contributed by atoms with E-state index in [1.54, 1.807) is 23.1 Å². The highest BCUT2D eigenvalue weighted by atomic mass is 19.3. The maximum Gasteiger partial charge on any atom is 0.387 e. The minimum atomic E-state index is -3.03. The Hall–Kier alpha value is -4.15. The SMILES string of the molecule is COC(=O)c1ccc2[nH]c3c(c2c1)CN(C(=O)CNC(=O)c1ccc(OC(F)F)c(OC)c1)CC3. The highest BCUT2D eigenvalue weighted by Crippen LogP contribution is 2.30. The molecule has 3 aromatic rings. The topological polar surface area (TPSA) is 110 Å². The van der Waals surface area contributed by atoms with Crippen LogP contribution in [0.2, 0.25) is 0 Å². The molecule has 0 spiro atoms. The Bertz CT molecular complexity index is 1290. The molecule has 2 amide bonds. The first-order valence-corrected chi connectivity index (χ1v) is 10.7. The third-order valence-electron chi connectivity index (χ3n) is 5.79. The summed E-state index contributed by atoms with van der Waals surface area (Å²) in [5, 5.41) is 3.39. The second-order valence-electron chi connectivity index (χ2n) is 7.83. The molecule has 0 atom stereocenters. The van der Waals surface area contributed by atoms with Crippen molar-refractivity contribution in [1.29, 1.82) is 0 Å². The molecule has 4 rings (SSSR count). The van der Waals surface area contributed by atoms with E-state index in [9.17, 15) is 23.2 Å². The molecule has 0 unspecified atom stereocenters. The Morgan fingerprint density at radius 2 is 1.86 bits per heavy atom. The van der Waals surface area contributed by atoms with Crippen LogP contribution in [0.25, 0.3) is 10.9 Å². The van der Waals surface area contributed by atoms with Crippen molar-refractivity contribution in [1.82, 2.24) is 15.2 Å². The molecule has 184 valence electrons. The van der Waals surface area contributed by atoms with Gasteiger partial charge in [-0.05, 0) is 36.4 Å². The van der Waals surface area contributed by atoms with Crippen molar-refractivity contribution < 1.29 is 37.4 Å². The molecule has 0 aliphatic carbocycles. The second kappa shape index (κ2) is 10.00. The molecule has 0 radical (unpaired) electrons. The number of fused-ring (bicyclic) bond motifs is 3. The minimum absolute atomic E-state index is 0.0292. The quantitative estimate of drug-likeness (QED) is 0.496. The summed E-state index contributed by atoms with van der Waals surface area (Å²) in [4.78, 5) is 42.2. The van der Waals surface area contributed by atoms with E-state index in [1.807, 2.05) is 0 Å². The van der Waals surface area contributed by atoms with Crippen molar-refractivity contribution >= 4 is 28.7 Å². The van der Waals surface area contributed by atoms with Crippen LogP contribution >= 0.6 is 0 Å². The number of methoxy groups -OCH3 is 2. The van der Waals surface area contributed by atoms with Gasteiger partial charge >= 0.3 is 12.6 Å². The predicted molar refractivity (Wildman–Crippen MR) is 121 cm³/mol. The number of halogens is 2. The molecule has 1 aromatic heterocycles. The molecular weight excluding hydrogens is 464 g/mol. The first-order valence-electron chi connectivity index (χ1n) is 10.7. The smallest absolute Gasteiger partial charge is 0.387 e. The van der Waals surface area contributed by atoms with Crippen molar-refractivity contribution in [3.63, 3.8) is 0 Å². The number of aromatic amines is 1. The molecule has 9 nitrogen and oxygen atoms in total. The monoisotopic (exact) mass is 487 g/mol. The van der Waals surface area contributed by atoms with Crippen LogP contribution < -0.4 is 14.8 Å². The number of carbonyl (C=O) groups excluding carboxylic acids is 3. The second-order valence-corrected chi connectivity index (χ2v) is 7.83. The summed E-state index contributed by atoms with van der Waals surface area (Å²) < 4.78 is 39.1. The molecule has 2 heterocycles. The van der Waals surface area contributed by atoms with E-state index in [2.05, 4.69) is 15.0 Å². The lowest BCUT2D eigenvalue weighted by Gasteiger charge is -2.27. The average Bonchev–Trinajstić information content (AvgIpc) is 3.23. The maximum absolute atomic E-state index is 12.8. The molecule has 0 saturated heterocycles. The molecule has 0 fully saturated rings. The summed E-state index contributed by atoms with van der Waals surface area (Å²) in [6, 6.07) is 8.98. The average molecular weight is 487 g/mol. The lowest BCUT2D eigenvalue weighted by atomic mass is 10.0. The summed E-state index contributed by atoms with van der Waals surface area (Å²) in [6.45, 7) is -2.49. The minimum Gasteiger partial charge on any atom is -0.493 e. The number of amides is 2. The predicted octanol–water partition coefficient (Wildman–Crippen LogP) is 2.88. The highest BCUT2D eigenvalue weighted by molar-refractivity contribution is 5.98. The Morgan fingerprint density at radius 3 is 2.57 bits per heavy atom. The van der Waals surface area contributed by atoms with E-state index in [0.29, 0.717) is 25.1 Å². The molecule has 0 bridgehead atoms. The van der Waals surface area contributed by atoms with Crippen LogP contribution in [0.5, 0.6) is 11.5 Å². The summed E-state index contributed by atoms with van der Waals surface area (Å²) >= 11 is 0. The first-order chi connectivity index (χ1) is 16.8. The lowest BCUT2D eigenvalue weighted by Crippen LogP contribution is -2.42. The number of esters is 1. The van der Waals surface area contributed by atoms with Gasteiger partial charge in [-0.2, -0.15) is 8.78 Å². The van der Waals surface area contributed by atoms with Crippen molar-refractivity contribution in [2.24, 2.45) is 0 Å². The molecule has 0 saturated carbocycles. The Kier molecular flexibility index (Phi) is 6.85. The fourth-order valence-electron chi connectivity index (χ4n) is 4.04. The molecule has 2 N–H and O–H groups in total. The van der Waals surface area contributed by atoms with Gasteiger partial charge in [0.1, 0.15) is 0 Å². The number of alkyl halides is 2. The van der Waals surface area contributed by atoms with Gasteiger partial charge in [0.05, 0.1) is 26.3 Å². The van der Waals surface area contributed by atoms with E-state index >= 15 is 0 Å². The number of H-pyrrole nitrogens is 1. The molecule has 2 aromatic carbocycles. The van der Waals surface area contributed by atoms with E-state index in [4.69, 9.17) is 9.47 Å². The van der Waals surface area contributed by atoms with Crippen molar-refractivity contribution in [2.75, 3.05) is 27.3 Å². The molecule has 35 heavy (non-hydrogen) atoms. The summed E-state index contributed by atoms with van der Waals surface area (Å²) in [6.07, 6.45) is 0.597. The summed E-state index contributed by atoms with van der Waals surface area (Å²) in [7, 11) is 2.58. The van der Waals surface area contributed by atoms with Crippen LogP contribution in [0.1, 0.15) is 32.0 Å². The van der Waals surface area contributed by atoms with Gasteiger partial charge in [0.2, 0.25) is 5.91 Å². The fraction of sp³-hybridized carbons (Fsp3) is 0.292. The number of hydrogen-bond acceptors (Lipinski definition) is 6.